The molecule has 2 bridgehead atoms. The number of carbonyl (C=O) groups is 2. The quantitative estimate of drug-likeness (QED) is 0.676. The van der Waals surface area contributed by atoms with Crippen LogP contribution < -0.4 is 5.32 Å². The van der Waals surface area contributed by atoms with E-state index in [9.17, 15) is 9.59 Å². The zero-order valence-corrected chi connectivity index (χ0v) is 12.9. The third-order valence-electron chi connectivity index (χ3n) is 4.85. The molecule has 1 N–H and O–H groups in total. The molecule has 1 aromatic rings. The average molecular weight is 347 g/mol. The first-order valence-corrected chi connectivity index (χ1v) is 7.97. The van der Waals surface area contributed by atoms with Crippen LogP contribution in [0.4, 0.5) is 5.69 Å². The molecule has 2 aliphatic carbocycles. The molecule has 5 heteroatoms. The Morgan fingerprint density at radius 2 is 1.62 bits per heavy atom. The third-order valence-corrected chi connectivity index (χ3v) is 5.38. The van der Waals surface area contributed by atoms with Crippen molar-refractivity contribution < 1.29 is 9.59 Å². The highest BCUT2D eigenvalue weighted by molar-refractivity contribution is 9.10. The molecule has 108 valence electrons. The summed E-state index contributed by atoms with van der Waals surface area (Å²) in [6.45, 7) is 0.256. The van der Waals surface area contributed by atoms with Gasteiger partial charge in [0, 0.05) is 10.2 Å². The molecule has 2 fully saturated rings. The van der Waals surface area contributed by atoms with Crippen LogP contribution in [-0.4, -0.2) is 23.4 Å². The number of hydrogen-bond acceptors (Lipinski definition) is 3. The number of imide groups is 1. The first kappa shape index (κ1) is 13.1. The summed E-state index contributed by atoms with van der Waals surface area (Å²) in [5, 5.41) is 3.16. The number of benzene rings is 1. The minimum Gasteiger partial charge on any atom is -0.367 e. The fourth-order valence-electron chi connectivity index (χ4n) is 3.86. The van der Waals surface area contributed by atoms with Crippen molar-refractivity contribution in [2.45, 2.75) is 6.42 Å². The predicted octanol–water partition coefficient (Wildman–Crippen LogP) is 2.63. The number of hydrogen-bond donors (Lipinski definition) is 1. The van der Waals surface area contributed by atoms with Gasteiger partial charge in [0.15, 0.2) is 0 Å². The Morgan fingerprint density at radius 3 is 2.19 bits per heavy atom. The van der Waals surface area contributed by atoms with Crippen LogP contribution in [-0.2, 0) is 9.59 Å². The van der Waals surface area contributed by atoms with Crippen molar-refractivity contribution in [3.63, 3.8) is 0 Å². The molecule has 4 rings (SSSR count). The van der Waals surface area contributed by atoms with E-state index in [1.807, 2.05) is 24.3 Å². The van der Waals surface area contributed by atoms with Crippen molar-refractivity contribution in [3.8, 4) is 0 Å². The molecule has 2 amide bonds. The van der Waals surface area contributed by atoms with Crippen molar-refractivity contribution in [1.29, 1.82) is 0 Å². The molecule has 1 saturated carbocycles. The number of amides is 2. The monoisotopic (exact) mass is 346 g/mol. The highest BCUT2D eigenvalue weighted by Gasteiger charge is 2.59. The lowest BCUT2D eigenvalue weighted by Crippen LogP contribution is -2.37. The van der Waals surface area contributed by atoms with E-state index in [4.69, 9.17) is 0 Å². The molecule has 1 saturated heterocycles. The van der Waals surface area contributed by atoms with Gasteiger partial charge in [0.2, 0.25) is 11.8 Å². The Kier molecular flexibility index (Phi) is 2.92. The first-order chi connectivity index (χ1) is 10.1. The third kappa shape index (κ3) is 1.94. The van der Waals surface area contributed by atoms with Crippen molar-refractivity contribution in [2.24, 2.45) is 23.7 Å². The minimum atomic E-state index is -0.112. The standard InChI is InChI=1S/C16H15BrN2O2/c17-11-3-5-12(6-4-11)18-8-19-15(20)13-9-1-2-10(7-9)14(13)16(19)21/h1-6,9-10,13-14,18H,7-8H2/t9-,10+,13-,14-/m0/s1. The zero-order valence-electron chi connectivity index (χ0n) is 11.3. The van der Waals surface area contributed by atoms with Crippen LogP contribution >= 0.6 is 15.9 Å². The fraction of sp³-hybridized carbons (Fsp3) is 0.375. The normalized spacial score (nSPS) is 32.9. The van der Waals surface area contributed by atoms with Gasteiger partial charge >= 0.3 is 0 Å². The second-order valence-corrected chi connectivity index (χ2v) is 6.86. The number of anilines is 1. The number of nitrogens with one attached hydrogen (secondary N) is 1. The topological polar surface area (TPSA) is 49.4 Å². The molecule has 1 aliphatic heterocycles. The van der Waals surface area contributed by atoms with E-state index in [-0.39, 0.29) is 42.2 Å². The van der Waals surface area contributed by atoms with Crippen molar-refractivity contribution >= 4 is 33.4 Å². The highest BCUT2D eigenvalue weighted by Crippen LogP contribution is 2.52. The van der Waals surface area contributed by atoms with E-state index in [0.29, 0.717) is 0 Å². The van der Waals surface area contributed by atoms with Gasteiger partial charge in [-0.15, -0.1) is 0 Å². The van der Waals surface area contributed by atoms with Crippen molar-refractivity contribution in [1.82, 2.24) is 4.90 Å². The molecule has 1 aromatic carbocycles. The number of fused-ring (bicyclic) bond motifs is 5. The van der Waals surface area contributed by atoms with Crippen molar-refractivity contribution in [2.75, 3.05) is 12.0 Å². The molecule has 1 heterocycles. The SMILES string of the molecule is O=C1[C@@H]2[C@@H](C(=O)N1CNc1ccc(Br)cc1)[C@H]1C=C[C@@H]2C1. The average Bonchev–Trinajstić information content (AvgIpc) is 3.14. The summed E-state index contributed by atoms with van der Waals surface area (Å²) >= 11 is 3.38. The van der Waals surface area contributed by atoms with Gasteiger partial charge < -0.3 is 5.32 Å². The molecule has 0 unspecified atom stereocenters. The number of rotatable bonds is 3. The lowest BCUT2D eigenvalue weighted by molar-refractivity contribution is -0.140. The fourth-order valence-corrected chi connectivity index (χ4v) is 4.12. The van der Waals surface area contributed by atoms with Crippen LogP contribution in [0.15, 0.2) is 40.9 Å². The summed E-state index contributed by atoms with van der Waals surface area (Å²) in [7, 11) is 0. The molecular weight excluding hydrogens is 332 g/mol. The molecule has 4 atom stereocenters. The Morgan fingerprint density at radius 1 is 1.05 bits per heavy atom. The number of halogens is 1. The first-order valence-electron chi connectivity index (χ1n) is 7.18. The predicted molar refractivity (Wildman–Crippen MR) is 82.2 cm³/mol. The van der Waals surface area contributed by atoms with Gasteiger partial charge in [0.25, 0.3) is 0 Å². The van der Waals surface area contributed by atoms with Gasteiger partial charge in [-0.2, -0.15) is 0 Å². The van der Waals surface area contributed by atoms with Crippen LogP contribution in [0.3, 0.4) is 0 Å². The van der Waals surface area contributed by atoms with Crippen LogP contribution in [0, 0.1) is 23.7 Å². The Bertz CT molecular complexity index is 610. The maximum atomic E-state index is 12.5. The molecule has 0 spiro atoms. The van der Waals surface area contributed by atoms with Gasteiger partial charge in [-0.3, -0.25) is 14.5 Å². The van der Waals surface area contributed by atoms with E-state index in [1.54, 1.807) is 0 Å². The van der Waals surface area contributed by atoms with Gasteiger partial charge in [-0.25, -0.2) is 0 Å². The summed E-state index contributed by atoms with van der Waals surface area (Å²) < 4.78 is 0.999. The molecule has 0 radical (unpaired) electrons. The molecule has 4 nitrogen and oxygen atoms in total. The number of allylic oxidation sites excluding steroid dienone is 2. The van der Waals surface area contributed by atoms with E-state index >= 15 is 0 Å². The van der Waals surface area contributed by atoms with Crippen molar-refractivity contribution in [3.05, 3.63) is 40.9 Å². The molecular formula is C16H15BrN2O2. The lowest BCUT2D eigenvalue weighted by atomic mass is 9.85. The maximum absolute atomic E-state index is 12.5. The van der Waals surface area contributed by atoms with Crippen LogP contribution in [0.2, 0.25) is 0 Å². The van der Waals surface area contributed by atoms with Crippen LogP contribution in [0.1, 0.15) is 6.42 Å². The molecule has 3 aliphatic rings. The summed E-state index contributed by atoms with van der Waals surface area (Å²) in [6, 6.07) is 7.69. The van der Waals surface area contributed by atoms with Crippen LogP contribution in [0.25, 0.3) is 0 Å². The highest BCUT2D eigenvalue weighted by atomic mass is 79.9. The Hall–Kier alpha value is -1.62. The smallest absolute Gasteiger partial charge is 0.235 e. The van der Waals surface area contributed by atoms with Gasteiger partial charge in [0.1, 0.15) is 0 Å². The summed E-state index contributed by atoms with van der Waals surface area (Å²) in [6.07, 6.45) is 5.20. The molecule has 21 heavy (non-hydrogen) atoms. The van der Waals surface area contributed by atoms with Gasteiger partial charge in [-0.1, -0.05) is 28.1 Å². The second-order valence-electron chi connectivity index (χ2n) is 5.95. The van der Waals surface area contributed by atoms with E-state index in [1.165, 1.54) is 4.90 Å². The summed E-state index contributed by atoms with van der Waals surface area (Å²) in [5.41, 5.74) is 0.900. The Labute approximate surface area is 131 Å². The largest absolute Gasteiger partial charge is 0.367 e. The van der Waals surface area contributed by atoms with E-state index in [2.05, 4.69) is 33.4 Å². The Balaban J connectivity index is 1.48. The summed E-state index contributed by atoms with van der Waals surface area (Å²) in [5.74, 6) is 0.305. The second kappa shape index (κ2) is 4.70. The van der Waals surface area contributed by atoms with Gasteiger partial charge in [0.05, 0.1) is 18.5 Å². The minimum absolute atomic E-state index is 0.00791. The lowest BCUT2D eigenvalue weighted by Gasteiger charge is -2.18. The summed E-state index contributed by atoms with van der Waals surface area (Å²) in [4.78, 5) is 26.4. The molecule has 0 aromatic heterocycles. The zero-order chi connectivity index (χ0) is 14.6. The van der Waals surface area contributed by atoms with Crippen LogP contribution in [0.5, 0.6) is 0 Å². The van der Waals surface area contributed by atoms with E-state index in [0.717, 1.165) is 16.6 Å². The maximum Gasteiger partial charge on any atom is 0.235 e. The van der Waals surface area contributed by atoms with E-state index < -0.39 is 0 Å². The number of nitrogens with zero attached hydrogens (tertiary/aromatic N) is 1. The number of carbonyl (C=O) groups excluding carboxylic acids is 2. The van der Waals surface area contributed by atoms with Gasteiger partial charge in [-0.05, 0) is 42.5 Å². The number of likely N-dealkylation sites (tertiary alicyclic amines) is 1.